The molecule has 1 aromatic rings. The third kappa shape index (κ3) is 3.64. The lowest BCUT2D eigenvalue weighted by Crippen LogP contribution is -2.34. The highest BCUT2D eigenvalue weighted by Crippen LogP contribution is 2.56. The summed E-state index contributed by atoms with van der Waals surface area (Å²) in [5.41, 5.74) is 0.305. The Morgan fingerprint density at radius 1 is 1.24 bits per heavy atom. The van der Waals surface area contributed by atoms with Gasteiger partial charge in [0.05, 0.1) is 0 Å². The highest BCUT2D eigenvalue weighted by Gasteiger charge is 2.49. The number of aryl methyl sites for hydroxylation is 1. The third-order valence-corrected chi connectivity index (χ3v) is 6.77. The SMILES string of the molecule is CCC(CC)(OS(=O)(=O)c1cc(O)ccc1C)P(=O)(O)O. The summed E-state index contributed by atoms with van der Waals surface area (Å²) in [7, 11) is -9.25. The van der Waals surface area contributed by atoms with Gasteiger partial charge in [-0.15, -0.1) is 0 Å². The van der Waals surface area contributed by atoms with Crippen LogP contribution in [-0.2, 0) is 18.9 Å². The molecule has 0 amide bonds. The fourth-order valence-electron chi connectivity index (χ4n) is 1.94. The van der Waals surface area contributed by atoms with Gasteiger partial charge in [-0.25, -0.2) is 4.18 Å². The molecule has 3 N–H and O–H groups in total. The molecule has 1 rings (SSSR count). The number of phenolic OH excluding ortho intramolecular Hbond substituents is 1. The van der Waals surface area contributed by atoms with E-state index in [0.29, 0.717) is 5.56 Å². The summed E-state index contributed by atoms with van der Waals surface area (Å²) in [5.74, 6) is -0.280. The van der Waals surface area contributed by atoms with Crippen LogP contribution >= 0.6 is 7.60 Å². The van der Waals surface area contributed by atoms with E-state index in [1.807, 2.05) is 0 Å². The molecule has 0 aliphatic rings. The van der Waals surface area contributed by atoms with Gasteiger partial charge in [-0.05, 0) is 31.4 Å². The van der Waals surface area contributed by atoms with E-state index >= 15 is 0 Å². The number of hydrogen-bond donors (Lipinski definition) is 3. The van der Waals surface area contributed by atoms with Gasteiger partial charge in [0.1, 0.15) is 10.6 Å². The van der Waals surface area contributed by atoms with Crippen molar-refractivity contribution in [1.29, 1.82) is 0 Å². The first-order valence-corrected chi connectivity index (χ1v) is 9.32. The lowest BCUT2D eigenvalue weighted by Gasteiger charge is -2.31. The molecule has 0 spiro atoms. The van der Waals surface area contributed by atoms with E-state index in [9.17, 15) is 27.9 Å². The summed E-state index contributed by atoms with van der Waals surface area (Å²) < 4.78 is 41.2. The molecule has 0 fully saturated rings. The van der Waals surface area contributed by atoms with Crippen LogP contribution in [0.25, 0.3) is 0 Å². The Morgan fingerprint density at radius 3 is 2.19 bits per heavy atom. The first-order valence-electron chi connectivity index (χ1n) is 6.30. The van der Waals surface area contributed by atoms with E-state index in [4.69, 9.17) is 4.18 Å². The molecule has 0 radical (unpaired) electrons. The normalized spacial score (nSPS) is 13.4. The summed E-state index contributed by atoms with van der Waals surface area (Å²) in [4.78, 5) is 18.6. The zero-order chi connectivity index (χ0) is 16.5. The van der Waals surface area contributed by atoms with Gasteiger partial charge in [0.15, 0.2) is 5.34 Å². The van der Waals surface area contributed by atoms with Crippen LogP contribution in [0.1, 0.15) is 32.3 Å². The second-order valence-corrected chi connectivity index (χ2v) is 8.10. The van der Waals surface area contributed by atoms with Crippen LogP contribution in [0.5, 0.6) is 5.75 Å². The van der Waals surface area contributed by atoms with E-state index < -0.39 is 23.1 Å². The molecule has 0 unspecified atom stereocenters. The molecule has 0 aliphatic heterocycles. The summed E-state index contributed by atoms with van der Waals surface area (Å²) >= 11 is 0. The van der Waals surface area contributed by atoms with Crippen LogP contribution in [0.15, 0.2) is 23.1 Å². The van der Waals surface area contributed by atoms with Crippen molar-refractivity contribution in [2.45, 2.75) is 43.9 Å². The highest BCUT2D eigenvalue weighted by molar-refractivity contribution is 7.87. The first kappa shape index (κ1) is 18.1. The van der Waals surface area contributed by atoms with Gasteiger partial charge in [0.25, 0.3) is 10.1 Å². The van der Waals surface area contributed by atoms with Crippen LogP contribution in [0.3, 0.4) is 0 Å². The zero-order valence-electron chi connectivity index (χ0n) is 12.0. The Labute approximate surface area is 123 Å². The molecule has 0 bridgehead atoms. The summed E-state index contributed by atoms with van der Waals surface area (Å²) in [6.45, 7) is 4.37. The molecule has 0 heterocycles. The summed E-state index contributed by atoms with van der Waals surface area (Å²) in [6, 6.07) is 3.67. The van der Waals surface area contributed by atoms with E-state index in [0.717, 1.165) is 6.07 Å². The molecule has 0 atom stereocenters. The van der Waals surface area contributed by atoms with Gasteiger partial charge in [-0.1, -0.05) is 19.9 Å². The molecule has 9 heteroatoms. The Balaban J connectivity index is 3.38. The molecule has 0 saturated heterocycles. The average molecular weight is 338 g/mol. The molecule has 21 heavy (non-hydrogen) atoms. The van der Waals surface area contributed by atoms with Crippen molar-refractivity contribution in [3.05, 3.63) is 23.8 Å². The Kier molecular flexibility index (Phi) is 5.23. The second-order valence-electron chi connectivity index (χ2n) is 4.68. The van der Waals surface area contributed by atoms with Crippen LogP contribution in [0, 0.1) is 6.92 Å². The van der Waals surface area contributed by atoms with Gasteiger partial charge in [-0.2, -0.15) is 8.42 Å². The standard InChI is InChI=1S/C12H19O7PS/c1-4-12(5-2,20(14,15)16)19-21(17,18)11-8-10(13)7-6-9(11)3/h6-8,13H,4-5H2,1-3H3,(H2,14,15,16). The predicted octanol–water partition coefficient (Wildman–Crippen LogP) is 2.10. The number of aromatic hydroxyl groups is 1. The lowest BCUT2D eigenvalue weighted by molar-refractivity contribution is 0.115. The van der Waals surface area contributed by atoms with Gasteiger partial charge >= 0.3 is 7.60 Å². The molecule has 120 valence electrons. The Hall–Kier alpha value is -0.920. The average Bonchev–Trinajstić information content (AvgIpc) is 2.37. The van der Waals surface area contributed by atoms with Crippen molar-refractivity contribution in [2.24, 2.45) is 0 Å². The van der Waals surface area contributed by atoms with Crippen molar-refractivity contribution in [3.8, 4) is 5.75 Å². The van der Waals surface area contributed by atoms with Crippen molar-refractivity contribution >= 4 is 17.7 Å². The van der Waals surface area contributed by atoms with Gasteiger partial charge < -0.3 is 14.9 Å². The topological polar surface area (TPSA) is 121 Å². The van der Waals surface area contributed by atoms with Crippen molar-refractivity contribution in [1.82, 2.24) is 0 Å². The van der Waals surface area contributed by atoms with E-state index in [2.05, 4.69) is 0 Å². The van der Waals surface area contributed by atoms with Crippen LogP contribution in [0.4, 0.5) is 0 Å². The molecule has 1 aromatic carbocycles. The van der Waals surface area contributed by atoms with Crippen molar-refractivity contribution < 1.29 is 32.1 Å². The van der Waals surface area contributed by atoms with E-state index in [1.165, 1.54) is 32.9 Å². The fraction of sp³-hybridized carbons (Fsp3) is 0.500. The van der Waals surface area contributed by atoms with Crippen molar-refractivity contribution in [3.63, 3.8) is 0 Å². The Morgan fingerprint density at radius 2 is 1.76 bits per heavy atom. The van der Waals surface area contributed by atoms with E-state index in [-0.39, 0.29) is 23.5 Å². The number of rotatable bonds is 6. The molecule has 0 saturated carbocycles. The quantitative estimate of drug-likeness (QED) is 0.536. The fourth-order valence-corrected chi connectivity index (χ4v) is 4.90. The maximum Gasteiger partial charge on any atom is 0.358 e. The molecular weight excluding hydrogens is 319 g/mol. The summed E-state index contributed by atoms with van der Waals surface area (Å²) in [6.07, 6.45) is -0.351. The predicted molar refractivity (Wildman–Crippen MR) is 76.5 cm³/mol. The van der Waals surface area contributed by atoms with Crippen LogP contribution < -0.4 is 0 Å². The minimum atomic E-state index is -4.81. The summed E-state index contributed by atoms with van der Waals surface area (Å²) in [5, 5.41) is 7.29. The highest BCUT2D eigenvalue weighted by atomic mass is 32.2. The minimum absolute atomic E-state index is 0.176. The number of hydrogen-bond acceptors (Lipinski definition) is 5. The molecular formula is C12H19O7PS. The first-order chi connectivity index (χ1) is 9.49. The monoisotopic (exact) mass is 338 g/mol. The maximum atomic E-state index is 12.3. The van der Waals surface area contributed by atoms with E-state index in [1.54, 1.807) is 0 Å². The maximum absolute atomic E-state index is 12.3. The minimum Gasteiger partial charge on any atom is -0.508 e. The Bertz CT molecular complexity index is 658. The van der Waals surface area contributed by atoms with Gasteiger partial charge in [0, 0.05) is 6.07 Å². The molecule has 7 nitrogen and oxygen atoms in total. The van der Waals surface area contributed by atoms with Gasteiger partial charge in [0.2, 0.25) is 0 Å². The molecule has 0 aliphatic carbocycles. The zero-order valence-corrected chi connectivity index (χ0v) is 13.7. The second kappa shape index (κ2) is 6.06. The molecule has 0 aromatic heterocycles. The number of benzene rings is 1. The van der Waals surface area contributed by atoms with Crippen LogP contribution in [0.2, 0.25) is 0 Å². The smallest absolute Gasteiger partial charge is 0.358 e. The van der Waals surface area contributed by atoms with Crippen molar-refractivity contribution in [2.75, 3.05) is 0 Å². The van der Waals surface area contributed by atoms with Gasteiger partial charge in [-0.3, -0.25) is 4.57 Å². The van der Waals surface area contributed by atoms with Crippen LogP contribution in [-0.4, -0.2) is 28.7 Å². The largest absolute Gasteiger partial charge is 0.508 e. The number of phenols is 1. The third-order valence-electron chi connectivity index (χ3n) is 3.34. The lowest BCUT2D eigenvalue weighted by atomic mass is 10.2.